The molecule has 0 saturated carbocycles. The molecule has 2 aromatic rings. The number of hydrogen-bond donors (Lipinski definition) is 1. The first-order chi connectivity index (χ1) is 8.65. The molecular formula is C11H11ClN4O2. The Morgan fingerprint density at radius 3 is 2.50 bits per heavy atom. The highest BCUT2D eigenvalue weighted by Gasteiger charge is 2.14. The van der Waals surface area contributed by atoms with Gasteiger partial charge in [0.05, 0.1) is 19.8 Å². The molecule has 0 spiro atoms. The summed E-state index contributed by atoms with van der Waals surface area (Å²) in [5.74, 6) is 1.48. The van der Waals surface area contributed by atoms with Crippen molar-refractivity contribution in [3.8, 4) is 22.9 Å². The Balaban J connectivity index is 2.63. The van der Waals surface area contributed by atoms with E-state index in [4.69, 9.17) is 26.8 Å². The second-order valence-electron chi connectivity index (χ2n) is 3.33. The summed E-state index contributed by atoms with van der Waals surface area (Å²) in [6.45, 7) is 0. The summed E-state index contributed by atoms with van der Waals surface area (Å²) in [6.07, 6.45) is 0. The zero-order valence-electron chi connectivity index (χ0n) is 9.85. The third-order valence-electron chi connectivity index (χ3n) is 2.27. The first kappa shape index (κ1) is 12.4. The molecule has 0 atom stereocenters. The van der Waals surface area contributed by atoms with Gasteiger partial charge in [-0.3, -0.25) is 0 Å². The van der Waals surface area contributed by atoms with Crippen LogP contribution in [0.25, 0.3) is 11.4 Å². The second kappa shape index (κ2) is 5.05. The number of hydrogen-bond acceptors (Lipinski definition) is 6. The molecule has 94 valence electrons. The van der Waals surface area contributed by atoms with Crippen LogP contribution in [-0.2, 0) is 0 Å². The zero-order valence-corrected chi connectivity index (χ0v) is 10.6. The summed E-state index contributed by atoms with van der Waals surface area (Å²) in [5.41, 5.74) is 6.17. The van der Waals surface area contributed by atoms with E-state index in [0.29, 0.717) is 22.9 Å². The van der Waals surface area contributed by atoms with Gasteiger partial charge in [-0.25, -0.2) is 0 Å². The predicted octanol–water partition coefficient (Wildman–Crippen LogP) is 1.79. The molecule has 7 heteroatoms. The second-order valence-corrected chi connectivity index (χ2v) is 3.67. The third kappa shape index (κ3) is 2.28. The lowest BCUT2D eigenvalue weighted by molar-refractivity contribution is 0.356. The summed E-state index contributed by atoms with van der Waals surface area (Å²) >= 11 is 5.75. The number of rotatable bonds is 3. The Labute approximate surface area is 109 Å². The number of para-hydroxylation sites is 1. The monoisotopic (exact) mass is 266 g/mol. The molecule has 0 bridgehead atoms. The smallest absolute Gasteiger partial charge is 0.227 e. The largest absolute Gasteiger partial charge is 0.493 e. The molecule has 0 saturated heterocycles. The van der Waals surface area contributed by atoms with Gasteiger partial charge >= 0.3 is 0 Å². The molecule has 0 aliphatic carbocycles. The van der Waals surface area contributed by atoms with Crippen LogP contribution in [0.1, 0.15) is 0 Å². The van der Waals surface area contributed by atoms with Crippen molar-refractivity contribution in [1.82, 2.24) is 15.0 Å². The number of benzene rings is 1. The van der Waals surface area contributed by atoms with E-state index in [1.165, 1.54) is 7.11 Å². The van der Waals surface area contributed by atoms with Crippen molar-refractivity contribution >= 4 is 17.5 Å². The first-order valence-electron chi connectivity index (χ1n) is 5.04. The van der Waals surface area contributed by atoms with E-state index in [1.807, 2.05) is 0 Å². The van der Waals surface area contributed by atoms with Crippen molar-refractivity contribution in [2.45, 2.75) is 0 Å². The van der Waals surface area contributed by atoms with Crippen LogP contribution in [0.5, 0.6) is 11.5 Å². The topological polar surface area (TPSA) is 83.2 Å². The normalized spacial score (nSPS) is 10.2. The molecular weight excluding hydrogens is 256 g/mol. The van der Waals surface area contributed by atoms with Gasteiger partial charge in [0.15, 0.2) is 17.3 Å². The lowest BCUT2D eigenvalue weighted by atomic mass is 10.1. The van der Waals surface area contributed by atoms with Gasteiger partial charge in [-0.1, -0.05) is 6.07 Å². The molecule has 0 aliphatic heterocycles. The van der Waals surface area contributed by atoms with Crippen LogP contribution in [0.3, 0.4) is 0 Å². The predicted molar refractivity (Wildman–Crippen MR) is 67.8 cm³/mol. The highest BCUT2D eigenvalue weighted by Crippen LogP contribution is 2.36. The van der Waals surface area contributed by atoms with Crippen LogP contribution < -0.4 is 15.2 Å². The molecule has 0 fully saturated rings. The van der Waals surface area contributed by atoms with Crippen molar-refractivity contribution in [3.63, 3.8) is 0 Å². The van der Waals surface area contributed by atoms with Gasteiger partial charge in [-0.2, -0.15) is 15.0 Å². The molecule has 0 radical (unpaired) electrons. The number of ether oxygens (including phenoxy) is 2. The molecule has 1 aromatic heterocycles. The maximum Gasteiger partial charge on any atom is 0.227 e. The highest BCUT2D eigenvalue weighted by atomic mass is 35.5. The number of nitrogens with zero attached hydrogens (tertiary/aromatic N) is 3. The number of methoxy groups -OCH3 is 2. The molecule has 1 aromatic carbocycles. The van der Waals surface area contributed by atoms with Crippen LogP contribution in [0.15, 0.2) is 18.2 Å². The third-order valence-corrected chi connectivity index (χ3v) is 2.44. The Morgan fingerprint density at radius 2 is 1.89 bits per heavy atom. The lowest BCUT2D eigenvalue weighted by Crippen LogP contribution is -2.01. The molecule has 2 N–H and O–H groups in total. The number of nitrogen functional groups attached to an aromatic ring is 1. The van der Waals surface area contributed by atoms with Gasteiger partial charge in [-0.05, 0) is 23.7 Å². The Hall–Kier alpha value is -2.08. The van der Waals surface area contributed by atoms with Gasteiger partial charge in [0.2, 0.25) is 11.2 Å². The molecule has 18 heavy (non-hydrogen) atoms. The van der Waals surface area contributed by atoms with Gasteiger partial charge in [0.1, 0.15) is 0 Å². The Bertz CT molecular complexity index is 557. The van der Waals surface area contributed by atoms with E-state index in [1.54, 1.807) is 25.3 Å². The Kier molecular flexibility index (Phi) is 3.47. The number of anilines is 1. The zero-order chi connectivity index (χ0) is 13.1. The highest BCUT2D eigenvalue weighted by molar-refractivity contribution is 6.28. The fraction of sp³-hybridized carbons (Fsp3) is 0.182. The molecule has 1 heterocycles. The number of nitrogens with two attached hydrogens (primary N) is 1. The molecule has 0 amide bonds. The van der Waals surface area contributed by atoms with E-state index in [9.17, 15) is 0 Å². The van der Waals surface area contributed by atoms with E-state index in [2.05, 4.69) is 15.0 Å². The fourth-order valence-electron chi connectivity index (χ4n) is 1.55. The van der Waals surface area contributed by atoms with Crippen LogP contribution in [0.2, 0.25) is 5.28 Å². The molecule has 0 unspecified atom stereocenters. The van der Waals surface area contributed by atoms with E-state index >= 15 is 0 Å². The van der Waals surface area contributed by atoms with Crippen molar-refractivity contribution in [3.05, 3.63) is 23.5 Å². The first-order valence-corrected chi connectivity index (χ1v) is 5.42. The fourth-order valence-corrected chi connectivity index (χ4v) is 1.72. The average Bonchev–Trinajstić information content (AvgIpc) is 2.36. The van der Waals surface area contributed by atoms with Crippen LogP contribution >= 0.6 is 11.6 Å². The van der Waals surface area contributed by atoms with E-state index in [-0.39, 0.29) is 11.2 Å². The minimum absolute atomic E-state index is 0.0300. The SMILES string of the molecule is COc1cccc(-c2nc(N)nc(Cl)n2)c1OC. The van der Waals surface area contributed by atoms with Crippen molar-refractivity contribution < 1.29 is 9.47 Å². The summed E-state index contributed by atoms with van der Waals surface area (Å²) in [4.78, 5) is 11.7. The molecule has 6 nitrogen and oxygen atoms in total. The van der Waals surface area contributed by atoms with Crippen LogP contribution in [-0.4, -0.2) is 29.2 Å². The van der Waals surface area contributed by atoms with E-state index in [0.717, 1.165) is 0 Å². The summed E-state index contributed by atoms with van der Waals surface area (Å²) in [6, 6.07) is 5.35. The minimum Gasteiger partial charge on any atom is -0.493 e. The van der Waals surface area contributed by atoms with Crippen molar-refractivity contribution in [1.29, 1.82) is 0 Å². The van der Waals surface area contributed by atoms with Gasteiger partial charge in [-0.15, -0.1) is 0 Å². The minimum atomic E-state index is 0.0300. The van der Waals surface area contributed by atoms with Crippen molar-refractivity contribution in [2.75, 3.05) is 20.0 Å². The number of halogens is 1. The lowest BCUT2D eigenvalue weighted by Gasteiger charge is -2.11. The average molecular weight is 267 g/mol. The summed E-state index contributed by atoms with van der Waals surface area (Å²) in [7, 11) is 3.09. The molecule has 2 rings (SSSR count). The maximum absolute atomic E-state index is 5.75. The van der Waals surface area contributed by atoms with Crippen molar-refractivity contribution in [2.24, 2.45) is 0 Å². The quantitative estimate of drug-likeness (QED) is 0.912. The number of aromatic nitrogens is 3. The molecule has 0 aliphatic rings. The van der Waals surface area contributed by atoms with Crippen LogP contribution in [0.4, 0.5) is 5.95 Å². The van der Waals surface area contributed by atoms with Gasteiger partial charge in [0, 0.05) is 0 Å². The standard InChI is InChI=1S/C11H11ClN4O2/c1-17-7-5-3-4-6(8(7)18-2)9-14-10(12)16-11(13)15-9/h3-5H,1-2H3,(H2,13,14,15,16). The van der Waals surface area contributed by atoms with Gasteiger partial charge in [0.25, 0.3) is 0 Å². The Morgan fingerprint density at radius 1 is 1.11 bits per heavy atom. The maximum atomic E-state index is 5.75. The van der Waals surface area contributed by atoms with Gasteiger partial charge < -0.3 is 15.2 Å². The summed E-state index contributed by atoms with van der Waals surface area (Å²) in [5, 5.41) is 0.0300. The summed E-state index contributed by atoms with van der Waals surface area (Å²) < 4.78 is 10.5. The van der Waals surface area contributed by atoms with E-state index < -0.39 is 0 Å². The van der Waals surface area contributed by atoms with Crippen LogP contribution in [0, 0.1) is 0 Å².